The molecular weight excluding hydrogens is 208 g/mol. The Morgan fingerprint density at radius 3 is 3.06 bits per heavy atom. The maximum absolute atomic E-state index is 4.60. The fraction of sp³-hybridized carbons (Fsp3) is 0.556. The van der Waals surface area contributed by atoms with Crippen LogP contribution in [0.15, 0.2) is 17.0 Å². The van der Waals surface area contributed by atoms with Crippen LogP contribution in [-0.4, -0.2) is 31.9 Å². The van der Waals surface area contributed by atoms with Gasteiger partial charge < -0.3 is 5.32 Å². The number of hydrogen-bond donors (Lipinski definition) is 1. The van der Waals surface area contributed by atoms with Gasteiger partial charge in [-0.25, -0.2) is 4.63 Å². The van der Waals surface area contributed by atoms with E-state index in [4.69, 9.17) is 0 Å². The Morgan fingerprint density at radius 1 is 1.44 bits per heavy atom. The summed E-state index contributed by atoms with van der Waals surface area (Å²) in [6, 6.07) is 0. The van der Waals surface area contributed by atoms with Crippen molar-refractivity contribution in [2.24, 2.45) is 0 Å². The van der Waals surface area contributed by atoms with Crippen molar-refractivity contribution >= 4 is 0 Å². The van der Waals surface area contributed by atoms with E-state index < -0.39 is 0 Å². The Hall–Kier alpha value is -1.76. The van der Waals surface area contributed by atoms with Crippen LogP contribution < -0.4 is 5.32 Å². The second-order valence-electron chi connectivity index (χ2n) is 3.49. The van der Waals surface area contributed by atoms with Gasteiger partial charge in [0.2, 0.25) is 0 Å². The minimum Gasteiger partial charge on any atom is -0.311 e. The maximum Gasteiger partial charge on any atom is 0.121 e. The van der Waals surface area contributed by atoms with Crippen LogP contribution in [-0.2, 0) is 13.1 Å². The van der Waals surface area contributed by atoms with E-state index in [9.17, 15) is 0 Å². The van der Waals surface area contributed by atoms with Gasteiger partial charge in [-0.05, 0) is 19.9 Å². The van der Waals surface area contributed by atoms with Crippen LogP contribution in [0, 0.1) is 6.92 Å². The van der Waals surface area contributed by atoms with Gasteiger partial charge >= 0.3 is 0 Å². The van der Waals surface area contributed by atoms with Crippen LogP contribution in [0.5, 0.6) is 0 Å². The third-order valence-electron chi connectivity index (χ3n) is 2.25. The largest absolute Gasteiger partial charge is 0.311 e. The first-order valence-corrected chi connectivity index (χ1v) is 5.19. The van der Waals surface area contributed by atoms with Crippen molar-refractivity contribution in [2.75, 3.05) is 6.54 Å². The first kappa shape index (κ1) is 10.7. The van der Waals surface area contributed by atoms with E-state index in [1.807, 2.05) is 17.8 Å². The zero-order valence-electron chi connectivity index (χ0n) is 9.13. The van der Waals surface area contributed by atoms with Gasteiger partial charge in [-0.15, -0.1) is 5.10 Å². The van der Waals surface area contributed by atoms with Crippen LogP contribution in [0.2, 0.25) is 0 Å². The Morgan fingerprint density at radius 2 is 2.38 bits per heavy atom. The van der Waals surface area contributed by atoms with E-state index in [-0.39, 0.29) is 0 Å². The SMILES string of the molecule is Cc1nonc1CNCCCn1ccnn1. The van der Waals surface area contributed by atoms with Crippen molar-refractivity contribution in [1.29, 1.82) is 0 Å². The number of nitrogens with zero attached hydrogens (tertiary/aromatic N) is 5. The molecule has 7 heteroatoms. The molecule has 1 N–H and O–H groups in total. The predicted molar refractivity (Wildman–Crippen MR) is 55.4 cm³/mol. The first-order valence-electron chi connectivity index (χ1n) is 5.19. The molecule has 86 valence electrons. The summed E-state index contributed by atoms with van der Waals surface area (Å²) in [5.74, 6) is 0. The molecule has 0 aliphatic heterocycles. The van der Waals surface area contributed by atoms with Crippen molar-refractivity contribution < 1.29 is 4.63 Å². The van der Waals surface area contributed by atoms with Crippen LogP contribution in [0.25, 0.3) is 0 Å². The highest BCUT2D eigenvalue weighted by Crippen LogP contribution is 1.98. The molecule has 0 aromatic carbocycles. The van der Waals surface area contributed by atoms with E-state index >= 15 is 0 Å². The molecule has 0 radical (unpaired) electrons. The molecule has 2 rings (SSSR count). The second-order valence-corrected chi connectivity index (χ2v) is 3.49. The summed E-state index contributed by atoms with van der Waals surface area (Å²) in [7, 11) is 0. The van der Waals surface area contributed by atoms with Crippen molar-refractivity contribution in [1.82, 2.24) is 30.6 Å². The Balaban J connectivity index is 1.61. The Bertz CT molecular complexity index is 409. The number of aryl methyl sites for hydroxylation is 2. The van der Waals surface area contributed by atoms with E-state index in [0.29, 0.717) is 6.54 Å². The molecule has 0 aliphatic rings. The minimum absolute atomic E-state index is 0.687. The fourth-order valence-electron chi connectivity index (χ4n) is 1.33. The number of aromatic nitrogens is 5. The summed E-state index contributed by atoms with van der Waals surface area (Å²) < 4.78 is 6.41. The summed E-state index contributed by atoms with van der Waals surface area (Å²) in [4.78, 5) is 0. The molecule has 7 nitrogen and oxygen atoms in total. The van der Waals surface area contributed by atoms with Crippen LogP contribution in [0.1, 0.15) is 17.8 Å². The van der Waals surface area contributed by atoms with Crippen molar-refractivity contribution in [2.45, 2.75) is 26.4 Å². The average molecular weight is 222 g/mol. The number of hydrogen-bond acceptors (Lipinski definition) is 6. The standard InChI is InChI=1S/C9H14N6O/c1-8-9(13-16-12-8)7-10-3-2-5-15-6-4-11-14-15/h4,6,10H,2-3,5,7H2,1H3. The van der Waals surface area contributed by atoms with Crippen LogP contribution in [0.4, 0.5) is 0 Å². The Labute approximate surface area is 92.8 Å². The molecule has 0 saturated heterocycles. The quantitative estimate of drug-likeness (QED) is 0.700. The molecule has 2 aromatic rings. The van der Waals surface area contributed by atoms with E-state index in [2.05, 4.69) is 30.6 Å². The van der Waals surface area contributed by atoms with Gasteiger partial charge in [-0.2, -0.15) is 0 Å². The molecule has 0 aliphatic carbocycles. The highest BCUT2D eigenvalue weighted by Gasteiger charge is 2.03. The van der Waals surface area contributed by atoms with Gasteiger partial charge in [0.1, 0.15) is 11.4 Å². The summed E-state index contributed by atoms with van der Waals surface area (Å²) in [6.45, 7) is 4.32. The molecule has 16 heavy (non-hydrogen) atoms. The molecular formula is C9H14N6O. The highest BCUT2D eigenvalue weighted by atomic mass is 16.6. The average Bonchev–Trinajstić information content (AvgIpc) is 2.90. The zero-order chi connectivity index (χ0) is 11.2. The lowest BCUT2D eigenvalue weighted by atomic mass is 10.3. The van der Waals surface area contributed by atoms with Crippen LogP contribution >= 0.6 is 0 Å². The van der Waals surface area contributed by atoms with Crippen molar-refractivity contribution in [3.8, 4) is 0 Å². The third-order valence-corrected chi connectivity index (χ3v) is 2.25. The van der Waals surface area contributed by atoms with E-state index in [0.717, 1.165) is 30.9 Å². The molecule has 0 bridgehead atoms. The molecule has 0 amide bonds. The van der Waals surface area contributed by atoms with Gasteiger partial charge in [0.15, 0.2) is 0 Å². The fourth-order valence-corrected chi connectivity index (χ4v) is 1.33. The van der Waals surface area contributed by atoms with Crippen molar-refractivity contribution in [3.05, 3.63) is 23.8 Å². The van der Waals surface area contributed by atoms with Gasteiger partial charge in [-0.1, -0.05) is 15.5 Å². The third kappa shape index (κ3) is 2.86. The monoisotopic (exact) mass is 222 g/mol. The maximum atomic E-state index is 4.60. The normalized spacial score (nSPS) is 10.8. The molecule has 0 fully saturated rings. The highest BCUT2D eigenvalue weighted by molar-refractivity contribution is 5.03. The summed E-state index contributed by atoms with van der Waals surface area (Å²) in [5, 5.41) is 18.4. The van der Waals surface area contributed by atoms with Gasteiger partial charge in [0.25, 0.3) is 0 Å². The molecule has 2 heterocycles. The molecule has 0 spiro atoms. The van der Waals surface area contributed by atoms with Gasteiger partial charge in [-0.3, -0.25) is 4.68 Å². The summed E-state index contributed by atoms with van der Waals surface area (Å²) in [6.07, 6.45) is 4.53. The number of nitrogens with one attached hydrogen (secondary N) is 1. The minimum atomic E-state index is 0.687. The smallest absolute Gasteiger partial charge is 0.121 e. The lowest BCUT2D eigenvalue weighted by Crippen LogP contribution is -2.17. The predicted octanol–water partition coefficient (Wildman–Crippen LogP) is 0.149. The lowest BCUT2D eigenvalue weighted by molar-refractivity contribution is 0.300. The topological polar surface area (TPSA) is 81.7 Å². The zero-order valence-corrected chi connectivity index (χ0v) is 9.13. The second kappa shape index (κ2) is 5.36. The van der Waals surface area contributed by atoms with Gasteiger partial charge in [0, 0.05) is 19.3 Å². The van der Waals surface area contributed by atoms with E-state index in [1.165, 1.54) is 0 Å². The molecule has 0 unspecified atom stereocenters. The Kier molecular flexibility index (Phi) is 3.60. The molecule has 0 atom stereocenters. The van der Waals surface area contributed by atoms with Crippen molar-refractivity contribution in [3.63, 3.8) is 0 Å². The van der Waals surface area contributed by atoms with E-state index in [1.54, 1.807) is 6.20 Å². The first-order chi connectivity index (χ1) is 7.86. The lowest BCUT2D eigenvalue weighted by Gasteiger charge is -2.02. The van der Waals surface area contributed by atoms with Crippen LogP contribution in [0.3, 0.4) is 0 Å². The number of rotatable bonds is 6. The van der Waals surface area contributed by atoms with Gasteiger partial charge in [0.05, 0.1) is 6.20 Å². The molecule has 2 aromatic heterocycles. The summed E-state index contributed by atoms with van der Waals surface area (Å²) in [5.41, 5.74) is 1.70. The summed E-state index contributed by atoms with van der Waals surface area (Å²) >= 11 is 0. The molecule has 0 saturated carbocycles.